The Morgan fingerprint density at radius 2 is 0.807 bits per heavy atom. The average Bonchev–Trinajstić information content (AvgIpc) is 3.91. The van der Waals surface area contributed by atoms with Gasteiger partial charge in [-0.05, 0) is 0 Å². The van der Waals surface area contributed by atoms with Gasteiger partial charge in [0, 0.05) is 0 Å². The molecule has 1 aliphatic heterocycles. The summed E-state index contributed by atoms with van der Waals surface area (Å²) in [5, 5.41) is 4.76. The van der Waals surface area contributed by atoms with Crippen molar-refractivity contribution in [3.05, 3.63) is 206 Å². The summed E-state index contributed by atoms with van der Waals surface area (Å²) in [7, 11) is 0. The molecule has 11 aromatic rings. The molecule has 0 atom stereocenters. The van der Waals surface area contributed by atoms with E-state index in [1.54, 1.807) is 0 Å². The van der Waals surface area contributed by atoms with Crippen molar-refractivity contribution in [2.24, 2.45) is 0 Å². The normalized spacial score (nSPS) is 13.1. The molecule has 3 aromatic heterocycles. The molecule has 0 fully saturated rings. The van der Waals surface area contributed by atoms with E-state index in [0.29, 0.717) is 5.95 Å². The van der Waals surface area contributed by atoms with Crippen LogP contribution in [0.4, 0.5) is 0 Å². The predicted molar refractivity (Wildman–Crippen MR) is 239 cm³/mol. The third kappa shape index (κ3) is 4.62. The second-order valence-electron chi connectivity index (χ2n) is 14.9. The Balaban J connectivity index is 1.16. The Morgan fingerprint density at radius 1 is 0.351 bits per heavy atom. The molecule has 0 spiro atoms. The first-order valence-electron chi connectivity index (χ1n) is 19.5. The SMILES string of the molecule is c1cc[c]([Ge]2([c]3cccc(-c4cc(-n5c6ccccc6c6ccccc65)nc(-n5c6ccccc6c6ccccc65)n4)c3)[c]3ccccc3-c3cccc[c]32)cc1. The van der Waals surface area contributed by atoms with Gasteiger partial charge in [0.1, 0.15) is 0 Å². The van der Waals surface area contributed by atoms with E-state index in [9.17, 15) is 0 Å². The van der Waals surface area contributed by atoms with Gasteiger partial charge >= 0.3 is 334 Å². The monoisotopic (exact) mass is 788 g/mol. The maximum absolute atomic E-state index is 5.53. The van der Waals surface area contributed by atoms with Crippen molar-refractivity contribution >= 4 is 74.5 Å². The minimum absolute atomic E-state index is 0.642. The van der Waals surface area contributed by atoms with Crippen LogP contribution in [0.3, 0.4) is 0 Å². The maximum atomic E-state index is 5.53. The van der Waals surface area contributed by atoms with Crippen molar-refractivity contribution in [2.45, 2.75) is 0 Å². The molecule has 0 saturated carbocycles. The molecule has 4 heterocycles. The van der Waals surface area contributed by atoms with Crippen molar-refractivity contribution < 1.29 is 0 Å². The second-order valence-corrected chi connectivity index (χ2v) is 22.8. The molecule has 1 aliphatic rings. The van der Waals surface area contributed by atoms with Gasteiger partial charge in [0.15, 0.2) is 0 Å². The Morgan fingerprint density at radius 3 is 1.37 bits per heavy atom. The Hall–Kier alpha value is -7.02. The molecular formula is C52H34GeN4. The van der Waals surface area contributed by atoms with E-state index in [1.165, 1.54) is 50.3 Å². The number of benzene rings is 8. The summed E-state index contributed by atoms with van der Waals surface area (Å²) in [4.78, 5) is 11.0. The van der Waals surface area contributed by atoms with E-state index in [-0.39, 0.29) is 0 Å². The van der Waals surface area contributed by atoms with E-state index in [2.05, 4.69) is 215 Å². The molecule has 0 amide bonds. The van der Waals surface area contributed by atoms with Crippen LogP contribution in [0.15, 0.2) is 206 Å². The third-order valence-corrected chi connectivity index (χ3v) is 22.2. The van der Waals surface area contributed by atoms with Crippen LogP contribution in [-0.2, 0) is 0 Å². The first-order chi connectivity index (χ1) is 28.3. The summed E-state index contributed by atoms with van der Waals surface area (Å²) in [6, 6.07) is 75.4. The molecule has 0 saturated heterocycles. The summed E-state index contributed by atoms with van der Waals surface area (Å²) >= 11 is -3.49. The van der Waals surface area contributed by atoms with Gasteiger partial charge in [-0.2, -0.15) is 0 Å². The number of hydrogen-bond acceptors (Lipinski definition) is 2. The molecule has 5 heteroatoms. The summed E-state index contributed by atoms with van der Waals surface area (Å²) < 4.78 is 10.3. The topological polar surface area (TPSA) is 35.6 Å². The van der Waals surface area contributed by atoms with E-state index < -0.39 is 13.3 Å². The van der Waals surface area contributed by atoms with E-state index in [4.69, 9.17) is 9.97 Å². The van der Waals surface area contributed by atoms with Gasteiger partial charge in [-0.3, -0.25) is 0 Å². The molecule has 0 bridgehead atoms. The van der Waals surface area contributed by atoms with Crippen molar-refractivity contribution in [1.29, 1.82) is 0 Å². The number of fused-ring (bicyclic) bond motifs is 9. The fraction of sp³-hybridized carbons (Fsp3) is 0. The van der Waals surface area contributed by atoms with E-state index in [0.717, 1.165) is 39.1 Å². The zero-order valence-corrected chi connectivity index (χ0v) is 33.0. The molecule has 266 valence electrons. The van der Waals surface area contributed by atoms with E-state index in [1.807, 2.05) is 0 Å². The zero-order valence-electron chi connectivity index (χ0n) is 30.9. The quantitative estimate of drug-likeness (QED) is 0.163. The van der Waals surface area contributed by atoms with Crippen LogP contribution in [0.2, 0.25) is 0 Å². The number of para-hydroxylation sites is 4. The zero-order chi connectivity index (χ0) is 37.5. The summed E-state index contributed by atoms with van der Waals surface area (Å²) in [6.07, 6.45) is 0. The van der Waals surface area contributed by atoms with Crippen molar-refractivity contribution in [1.82, 2.24) is 19.1 Å². The van der Waals surface area contributed by atoms with Crippen molar-refractivity contribution in [3.63, 3.8) is 0 Å². The van der Waals surface area contributed by atoms with Gasteiger partial charge in [-0.1, -0.05) is 0 Å². The molecule has 0 radical (unpaired) electrons. The van der Waals surface area contributed by atoms with E-state index >= 15 is 0 Å². The predicted octanol–water partition coefficient (Wildman–Crippen LogP) is 9.70. The number of hydrogen-bond donors (Lipinski definition) is 0. The first-order valence-corrected chi connectivity index (χ1v) is 23.7. The van der Waals surface area contributed by atoms with Crippen LogP contribution in [0, 0.1) is 0 Å². The van der Waals surface area contributed by atoms with Crippen LogP contribution in [0.1, 0.15) is 0 Å². The first kappa shape index (κ1) is 32.2. The molecule has 0 N–H and O–H groups in total. The molecule has 4 nitrogen and oxygen atoms in total. The Labute approximate surface area is 332 Å². The summed E-state index contributed by atoms with van der Waals surface area (Å²) in [5.41, 5.74) is 9.04. The molecule has 0 aliphatic carbocycles. The Bertz CT molecular complexity index is 3090. The molecule has 57 heavy (non-hydrogen) atoms. The Kier molecular flexibility index (Phi) is 7.07. The molecular weight excluding hydrogens is 753 g/mol. The number of rotatable bonds is 5. The fourth-order valence-electron chi connectivity index (χ4n) is 9.72. The molecule has 12 rings (SSSR count). The summed E-state index contributed by atoms with van der Waals surface area (Å²) in [5.74, 6) is 1.47. The van der Waals surface area contributed by atoms with Crippen LogP contribution < -0.4 is 17.6 Å². The minimum atomic E-state index is -3.49. The standard InChI is InChI=1S/C52H34GeN4/c1-2-18-36(19-3-1)53(44-27-10-4-21-38(44)39-22-5-11-28-45(39)53)37-20-16-17-35(33-37)46-34-51(56-47-29-12-6-23-40(47)41-24-7-13-30-48(41)56)55-52(54-46)57-49-31-14-8-25-42(49)43-26-9-15-32-50(43)57/h1-34H. The van der Waals surface area contributed by atoms with Crippen LogP contribution >= 0.6 is 0 Å². The van der Waals surface area contributed by atoms with Gasteiger partial charge in [0.05, 0.1) is 0 Å². The van der Waals surface area contributed by atoms with Crippen LogP contribution in [0.25, 0.3) is 77.8 Å². The summed E-state index contributed by atoms with van der Waals surface area (Å²) in [6.45, 7) is 0. The van der Waals surface area contributed by atoms with Crippen molar-refractivity contribution in [2.75, 3.05) is 0 Å². The second kappa shape index (κ2) is 12.5. The van der Waals surface area contributed by atoms with Crippen LogP contribution in [0.5, 0.6) is 0 Å². The fourth-order valence-corrected chi connectivity index (χ4v) is 20.7. The molecule has 8 aromatic carbocycles. The third-order valence-electron chi connectivity index (χ3n) is 12.0. The van der Waals surface area contributed by atoms with Gasteiger partial charge in [-0.25, -0.2) is 0 Å². The average molecular weight is 787 g/mol. The van der Waals surface area contributed by atoms with Crippen molar-refractivity contribution in [3.8, 4) is 34.2 Å². The molecule has 0 unspecified atom stereocenters. The number of nitrogens with zero attached hydrogens (tertiary/aromatic N) is 4. The van der Waals surface area contributed by atoms with Gasteiger partial charge in [0.2, 0.25) is 0 Å². The van der Waals surface area contributed by atoms with Gasteiger partial charge in [-0.15, -0.1) is 0 Å². The van der Waals surface area contributed by atoms with Crippen LogP contribution in [-0.4, -0.2) is 32.4 Å². The van der Waals surface area contributed by atoms with Gasteiger partial charge < -0.3 is 0 Å². The van der Waals surface area contributed by atoms with Gasteiger partial charge in [0.25, 0.3) is 0 Å². The number of aromatic nitrogens is 4.